The van der Waals surface area contributed by atoms with Crippen molar-refractivity contribution in [1.29, 1.82) is 0 Å². The van der Waals surface area contributed by atoms with E-state index in [0.717, 1.165) is 0 Å². The topological polar surface area (TPSA) is 0 Å². The molecule has 0 heterocycles. The molecule has 0 radical (unpaired) electrons. The Morgan fingerprint density at radius 2 is 1.17 bits per heavy atom. The molecule has 0 saturated heterocycles. The van der Waals surface area contributed by atoms with Gasteiger partial charge in [-0.05, 0) is 22.3 Å². The Balaban J connectivity index is 3.43. The molecule has 0 nitrogen and oxygen atoms in total. The second-order valence-electron chi connectivity index (χ2n) is 0.474. The van der Waals surface area contributed by atoms with Gasteiger partial charge in [-0.1, -0.05) is 25.3 Å². The fourth-order valence-electron chi connectivity index (χ4n) is 0.0559. The summed E-state index contributed by atoms with van der Waals surface area (Å²) in [5.74, 6) is 4.75. The Labute approximate surface area is 48.1 Å². The average molecular weight is 114 g/mol. The third-order valence-corrected chi connectivity index (χ3v) is 0.398. The Morgan fingerprint density at radius 1 is 0.833 bits per heavy atom. The summed E-state index contributed by atoms with van der Waals surface area (Å²) in [5, 5.41) is 4.58. The highest BCUT2D eigenvalue weighted by atomic mass is 32.1. The summed E-state index contributed by atoms with van der Waals surface area (Å²) in [6, 6.07) is 0. The molecular weight excluding hydrogens is 112 g/mol. The molecule has 0 saturated carbocycles. The van der Waals surface area contributed by atoms with Crippen LogP contribution < -0.4 is 0 Å². The van der Waals surface area contributed by atoms with Crippen molar-refractivity contribution >= 4 is 25.3 Å². The highest BCUT2D eigenvalue weighted by molar-refractivity contribution is 7.85. The predicted octanol–water partition coefficient (Wildman–Crippen LogP) is 0.768. The van der Waals surface area contributed by atoms with E-state index in [2.05, 4.69) is 47.6 Å². The van der Waals surface area contributed by atoms with Gasteiger partial charge in [0, 0.05) is 0 Å². The van der Waals surface area contributed by atoms with Gasteiger partial charge < -0.3 is 0 Å². The van der Waals surface area contributed by atoms with Crippen molar-refractivity contribution in [3.63, 3.8) is 0 Å². The van der Waals surface area contributed by atoms with Crippen molar-refractivity contribution in [2.45, 2.75) is 0 Å². The van der Waals surface area contributed by atoms with Gasteiger partial charge >= 0.3 is 0 Å². The fraction of sp³-hybridized carbons (Fsp3) is 0. The molecule has 0 bridgehead atoms. The summed E-state index contributed by atoms with van der Waals surface area (Å²) in [4.78, 5) is 0. The Bertz CT molecular complexity index is 109. The molecule has 30 valence electrons. The van der Waals surface area contributed by atoms with E-state index in [1.165, 1.54) is 0 Å². The van der Waals surface area contributed by atoms with Crippen molar-refractivity contribution in [3.05, 3.63) is 0 Å². The van der Waals surface area contributed by atoms with Crippen LogP contribution >= 0.6 is 25.3 Å². The molecule has 2 heteroatoms. The molecule has 0 aromatic heterocycles. The molecule has 0 aromatic carbocycles. The minimum atomic E-state index is 2.29. The predicted molar refractivity (Wildman–Crippen MR) is 33.5 cm³/mol. The van der Waals surface area contributed by atoms with Gasteiger partial charge in [0.1, 0.15) is 0 Å². The van der Waals surface area contributed by atoms with E-state index in [4.69, 9.17) is 0 Å². The van der Waals surface area contributed by atoms with Crippen LogP contribution in [0, 0.1) is 22.3 Å². The van der Waals surface area contributed by atoms with Crippen LogP contribution in [0.3, 0.4) is 0 Å². The quantitative estimate of drug-likeness (QED) is 0.337. The highest BCUT2D eigenvalue weighted by Gasteiger charge is 1.42. The molecule has 0 aromatic rings. The van der Waals surface area contributed by atoms with Crippen LogP contribution in [0.25, 0.3) is 0 Å². The summed E-state index contributed by atoms with van der Waals surface area (Å²) >= 11 is 7.11. The van der Waals surface area contributed by atoms with Gasteiger partial charge in [0.05, 0.1) is 0 Å². The first-order chi connectivity index (χ1) is 2.91. The SMILES string of the molecule is SC#CC#CS. The first kappa shape index (κ1) is 5.82. The van der Waals surface area contributed by atoms with E-state index < -0.39 is 0 Å². The molecule has 0 amide bonds. The van der Waals surface area contributed by atoms with Crippen LogP contribution in [0.5, 0.6) is 0 Å². The number of hydrogen-bond acceptors (Lipinski definition) is 2. The van der Waals surface area contributed by atoms with Gasteiger partial charge in [0.2, 0.25) is 0 Å². The Morgan fingerprint density at radius 3 is 1.33 bits per heavy atom. The summed E-state index contributed by atoms with van der Waals surface area (Å²) in [6.07, 6.45) is 0. The third kappa shape index (κ3) is 3.82. The normalized spacial score (nSPS) is 3.67. The largest absolute Gasteiger partial charge is 0.0912 e. The van der Waals surface area contributed by atoms with Crippen molar-refractivity contribution in [1.82, 2.24) is 0 Å². The maximum absolute atomic E-state index is 3.56. The zero-order chi connectivity index (χ0) is 4.83. The van der Waals surface area contributed by atoms with Crippen LogP contribution in [0.4, 0.5) is 0 Å². The summed E-state index contributed by atoms with van der Waals surface area (Å²) in [6.45, 7) is 0. The molecular formula is C4H2S2. The van der Waals surface area contributed by atoms with Crippen LogP contribution in [-0.4, -0.2) is 0 Å². The number of hydrogen-bond donors (Lipinski definition) is 2. The minimum absolute atomic E-state index is 2.29. The van der Waals surface area contributed by atoms with E-state index >= 15 is 0 Å². The van der Waals surface area contributed by atoms with E-state index in [1.54, 1.807) is 0 Å². The molecule has 0 atom stereocenters. The molecule has 0 unspecified atom stereocenters. The van der Waals surface area contributed by atoms with Gasteiger partial charge in [0.15, 0.2) is 0 Å². The molecule has 0 spiro atoms. The van der Waals surface area contributed by atoms with E-state index in [0.29, 0.717) is 0 Å². The number of thiol groups is 2. The Hall–Kier alpha value is -0.180. The molecule has 0 rings (SSSR count). The Kier molecular flexibility index (Phi) is 4.68. The maximum atomic E-state index is 3.56. The molecule has 0 N–H and O–H groups in total. The van der Waals surface area contributed by atoms with Crippen molar-refractivity contribution < 1.29 is 0 Å². The lowest BCUT2D eigenvalue weighted by Crippen LogP contribution is -1.37. The minimum Gasteiger partial charge on any atom is -0.0912 e. The first-order valence-corrected chi connectivity index (χ1v) is 2.09. The van der Waals surface area contributed by atoms with Gasteiger partial charge in [-0.2, -0.15) is 0 Å². The summed E-state index contributed by atoms with van der Waals surface area (Å²) < 4.78 is 0. The third-order valence-electron chi connectivity index (χ3n) is 0.174. The van der Waals surface area contributed by atoms with Gasteiger partial charge in [-0.15, -0.1) is 0 Å². The second-order valence-corrected chi connectivity index (χ2v) is 0.921. The lowest BCUT2D eigenvalue weighted by atomic mass is 10.7. The zero-order valence-corrected chi connectivity index (χ0v) is 4.68. The van der Waals surface area contributed by atoms with E-state index in [9.17, 15) is 0 Å². The average Bonchev–Trinajstić information content (AvgIpc) is 1.61. The standard InChI is InChI=1S/C4H2S2/c5-3-1-2-4-6/h5-6H. The van der Waals surface area contributed by atoms with E-state index in [1.807, 2.05) is 0 Å². The number of rotatable bonds is 0. The highest BCUT2D eigenvalue weighted by Crippen LogP contribution is 1.61. The van der Waals surface area contributed by atoms with E-state index in [-0.39, 0.29) is 0 Å². The fourth-order valence-corrected chi connectivity index (χ4v) is 0.168. The molecule has 0 fully saturated rings. The first-order valence-electron chi connectivity index (χ1n) is 1.20. The van der Waals surface area contributed by atoms with Crippen LogP contribution in [0.2, 0.25) is 0 Å². The monoisotopic (exact) mass is 114 g/mol. The smallest absolute Gasteiger partial charge is 0.00261 e. The van der Waals surface area contributed by atoms with Gasteiger partial charge in [0.25, 0.3) is 0 Å². The summed E-state index contributed by atoms with van der Waals surface area (Å²) in [5.41, 5.74) is 0. The van der Waals surface area contributed by atoms with Crippen molar-refractivity contribution in [3.8, 4) is 22.3 Å². The van der Waals surface area contributed by atoms with Crippen LogP contribution in [0.15, 0.2) is 0 Å². The molecule has 0 aliphatic carbocycles. The zero-order valence-electron chi connectivity index (χ0n) is 2.89. The van der Waals surface area contributed by atoms with Crippen LogP contribution in [0.1, 0.15) is 0 Å². The summed E-state index contributed by atoms with van der Waals surface area (Å²) in [7, 11) is 0. The van der Waals surface area contributed by atoms with Crippen molar-refractivity contribution in [2.24, 2.45) is 0 Å². The lowest BCUT2D eigenvalue weighted by Gasteiger charge is -1.47. The van der Waals surface area contributed by atoms with Crippen molar-refractivity contribution in [2.75, 3.05) is 0 Å². The van der Waals surface area contributed by atoms with Gasteiger partial charge in [-0.3, -0.25) is 0 Å². The van der Waals surface area contributed by atoms with Crippen LogP contribution in [-0.2, 0) is 0 Å². The molecule has 6 heavy (non-hydrogen) atoms. The second kappa shape index (κ2) is 4.82. The molecule has 0 aliphatic rings. The van der Waals surface area contributed by atoms with Gasteiger partial charge in [-0.25, -0.2) is 0 Å². The maximum Gasteiger partial charge on any atom is -0.00261 e. The lowest BCUT2D eigenvalue weighted by molar-refractivity contribution is 2.59. The molecule has 0 aliphatic heterocycles.